The Morgan fingerprint density at radius 3 is 2.65 bits per heavy atom. The smallest absolute Gasteiger partial charge is 0.129 e. The van der Waals surface area contributed by atoms with Crippen molar-refractivity contribution in [2.24, 2.45) is 5.84 Å². The van der Waals surface area contributed by atoms with E-state index < -0.39 is 11.9 Å². The highest BCUT2D eigenvalue weighted by atomic mass is 35.5. The molecule has 2 aromatic rings. The molecule has 0 saturated carbocycles. The fourth-order valence-electron chi connectivity index (χ4n) is 1.78. The molecule has 1 atom stereocenters. The van der Waals surface area contributed by atoms with Gasteiger partial charge in [0.05, 0.1) is 12.3 Å². The fourth-order valence-corrected chi connectivity index (χ4v) is 1.94. The van der Waals surface area contributed by atoms with E-state index in [-0.39, 0.29) is 0 Å². The average Bonchev–Trinajstić information content (AvgIpc) is 2.69. The number of hydrazine groups is 1. The molecule has 1 aromatic heterocycles. The van der Waals surface area contributed by atoms with Crippen LogP contribution in [0.4, 0.5) is 4.39 Å². The Morgan fingerprint density at radius 1 is 1.35 bits per heavy atom. The maximum absolute atomic E-state index is 13.8. The number of rotatable bonds is 3. The first-order chi connectivity index (χ1) is 8.13. The second-order valence-corrected chi connectivity index (χ2v) is 4.13. The quantitative estimate of drug-likeness (QED) is 0.654. The first kappa shape index (κ1) is 12.1. The number of nitrogens with two attached hydrogens (primary N) is 1. The molecule has 0 amide bonds. The number of aryl methyl sites for hydroxylation is 1. The SMILES string of the molecule is Cc1occc1C(NN)c1ccc(Cl)cc1F. The first-order valence-electron chi connectivity index (χ1n) is 5.08. The van der Waals surface area contributed by atoms with Gasteiger partial charge in [0.15, 0.2) is 0 Å². The minimum Gasteiger partial charge on any atom is -0.469 e. The van der Waals surface area contributed by atoms with Crippen LogP contribution in [0.5, 0.6) is 0 Å². The Morgan fingerprint density at radius 2 is 2.12 bits per heavy atom. The second-order valence-electron chi connectivity index (χ2n) is 3.70. The number of nitrogens with one attached hydrogen (secondary N) is 1. The summed E-state index contributed by atoms with van der Waals surface area (Å²) in [5, 5.41) is 0.353. The zero-order chi connectivity index (χ0) is 12.4. The Hall–Kier alpha value is -1.36. The summed E-state index contributed by atoms with van der Waals surface area (Å²) in [6, 6.07) is 5.80. The number of benzene rings is 1. The molecule has 2 rings (SSSR count). The zero-order valence-electron chi connectivity index (χ0n) is 9.21. The van der Waals surface area contributed by atoms with Crippen LogP contribution < -0.4 is 11.3 Å². The van der Waals surface area contributed by atoms with Crippen LogP contribution in [-0.4, -0.2) is 0 Å². The largest absolute Gasteiger partial charge is 0.469 e. The molecule has 0 bridgehead atoms. The van der Waals surface area contributed by atoms with Crippen molar-refractivity contribution >= 4 is 11.6 Å². The standard InChI is InChI=1S/C12H12ClFN2O/c1-7-9(4-5-17-7)12(16-15)10-3-2-8(13)6-11(10)14/h2-6,12,16H,15H2,1H3. The topological polar surface area (TPSA) is 51.2 Å². The zero-order valence-corrected chi connectivity index (χ0v) is 9.96. The summed E-state index contributed by atoms with van der Waals surface area (Å²) < 4.78 is 19.0. The normalized spacial score (nSPS) is 12.7. The summed E-state index contributed by atoms with van der Waals surface area (Å²) in [6.07, 6.45) is 1.54. The molecule has 0 aliphatic rings. The van der Waals surface area contributed by atoms with Gasteiger partial charge in [0, 0.05) is 16.1 Å². The van der Waals surface area contributed by atoms with E-state index in [1.165, 1.54) is 6.07 Å². The molecule has 1 unspecified atom stereocenters. The second kappa shape index (κ2) is 4.87. The number of hydrogen-bond acceptors (Lipinski definition) is 3. The van der Waals surface area contributed by atoms with Gasteiger partial charge in [-0.2, -0.15) is 0 Å². The van der Waals surface area contributed by atoms with E-state index in [4.69, 9.17) is 21.9 Å². The van der Waals surface area contributed by atoms with Crippen LogP contribution in [0, 0.1) is 12.7 Å². The fraction of sp³-hybridized carbons (Fsp3) is 0.167. The van der Waals surface area contributed by atoms with Crippen LogP contribution in [0.15, 0.2) is 34.9 Å². The maximum Gasteiger partial charge on any atom is 0.129 e. The van der Waals surface area contributed by atoms with Gasteiger partial charge >= 0.3 is 0 Å². The van der Waals surface area contributed by atoms with Crippen molar-refractivity contribution in [2.75, 3.05) is 0 Å². The van der Waals surface area contributed by atoms with Gasteiger partial charge in [-0.1, -0.05) is 17.7 Å². The predicted octanol–water partition coefficient (Wildman–Crippen LogP) is 2.93. The third kappa shape index (κ3) is 2.34. The lowest BCUT2D eigenvalue weighted by molar-refractivity contribution is 0.513. The molecule has 17 heavy (non-hydrogen) atoms. The van der Waals surface area contributed by atoms with Crippen LogP contribution in [0.3, 0.4) is 0 Å². The Bertz CT molecular complexity index is 527. The molecule has 90 valence electrons. The molecule has 0 fully saturated rings. The number of hydrogen-bond donors (Lipinski definition) is 2. The summed E-state index contributed by atoms with van der Waals surface area (Å²) in [4.78, 5) is 0. The molecule has 0 radical (unpaired) electrons. The lowest BCUT2D eigenvalue weighted by atomic mass is 9.99. The van der Waals surface area contributed by atoms with Gasteiger partial charge < -0.3 is 4.42 Å². The van der Waals surface area contributed by atoms with E-state index in [1.807, 2.05) is 0 Å². The molecule has 0 aliphatic carbocycles. The molecule has 3 nitrogen and oxygen atoms in total. The van der Waals surface area contributed by atoms with Crippen molar-refractivity contribution in [2.45, 2.75) is 13.0 Å². The van der Waals surface area contributed by atoms with E-state index >= 15 is 0 Å². The molecule has 0 aliphatic heterocycles. The van der Waals surface area contributed by atoms with Crippen LogP contribution in [-0.2, 0) is 0 Å². The third-order valence-electron chi connectivity index (χ3n) is 2.65. The molecule has 1 heterocycles. The van der Waals surface area contributed by atoms with E-state index in [9.17, 15) is 4.39 Å². The summed E-state index contributed by atoms with van der Waals surface area (Å²) in [5.41, 5.74) is 3.81. The van der Waals surface area contributed by atoms with Crippen LogP contribution in [0.1, 0.15) is 22.9 Å². The minimum atomic E-state index is -0.453. The molecule has 0 spiro atoms. The van der Waals surface area contributed by atoms with Gasteiger partial charge in [-0.05, 0) is 25.1 Å². The average molecular weight is 255 g/mol. The Kier molecular flexibility index (Phi) is 3.47. The minimum absolute atomic E-state index is 0.353. The van der Waals surface area contributed by atoms with Gasteiger partial charge in [0.25, 0.3) is 0 Å². The lowest BCUT2D eigenvalue weighted by Gasteiger charge is -2.16. The lowest BCUT2D eigenvalue weighted by Crippen LogP contribution is -2.29. The van der Waals surface area contributed by atoms with Crippen molar-refractivity contribution in [3.8, 4) is 0 Å². The highest BCUT2D eigenvalue weighted by Crippen LogP contribution is 2.28. The number of halogens is 2. The molecule has 1 aromatic carbocycles. The summed E-state index contributed by atoms with van der Waals surface area (Å²) >= 11 is 5.71. The summed E-state index contributed by atoms with van der Waals surface area (Å²) in [7, 11) is 0. The van der Waals surface area contributed by atoms with E-state index in [1.54, 1.807) is 31.4 Å². The van der Waals surface area contributed by atoms with Gasteiger partial charge in [-0.25, -0.2) is 9.82 Å². The van der Waals surface area contributed by atoms with Crippen molar-refractivity contribution in [3.63, 3.8) is 0 Å². The molecule has 5 heteroatoms. The molecular weight excluding hydrogens is 243 g/mol. The van der Waals surface area contributed by atoms with Crippen molar-refractivity contribution in [3.05, 3.63) is 58.3 Å². The van der Waals surface area contributed by atoms with Crippen LogP contribution in [0.2, 0.25) is 5.02 Å². The number of furan rings is 1. The Balaban J connectivity index is 2.46. The van der Waals surface area contributed by atoms with E-state index in [2.05, 4.69) is 5.43 Å². The van der Waals surface area contributed by atoms with Gasteiger partial charge in [0.2, 0.25) is 0 Å². The van der Waals surface area contributed by atoms with E-state index in [0.29, 0.717) is 16.3 Å². The van der Waals surface area contributed by atoms with Crippen molar-refractivity contribution < 1.29 is 8.81 Å². The van der Waals surface area contributed by atoms with Crippen LogP contribution in [0.25, 0.3) is 0 Å². The first-order valence-corrected chi connectivity index (χ1v) is 5.46. The summed E-state index contributed by atoms with van der Waals surface area (Å²) in [6.45, 7) is 1.80. The molecular formula is C12H12ClFN2O. The Labute approximate surface area is 103 Å². The third-order valence-corrected chi connectivity index (χ3v) is 2.89. The monoisotopic (exact) mass is 254 g/mol. The summed E-state index contributed by atoms with van der Waals surface area (Å²) in [5.74, 6) is 5.78. The molecule has 0 saturated heterocycles. The maximum atomic E-state index is 13.8. The van der Waals surface area contributed by atoms with Gasteiger partial charge in [0.1, 0.15) is 11.6 Å². The van der Waals surface area contributed by atoms with Gasteiger partial charge in [-0.3, -0.25) is 5.84 Å². The highest BCUT2D eigenvalue weighted by Gasteiger charge is 2.19. The highest BCUT2D eigenvalue weighted by molar-refractivity contribution is 6.30. The van der Waals surface area contributed by atoms with Crippen molar-refractivity contribution in [1.29, 1.82) is 0 Å². The van der Waals surface area contributed by atoms with E-state index in [0.717, 1.165) is 5.56 Å². The van der Waals surface area contributed by atoms with Crippen LogP contribution >= 0.6 is 11.6 Å². The molecule has 3 N–H and O–H groups in total. The van der Waals surface area contributed by atoms with Crippen molar-refractivity contribution in [1.82, 2.24) is 5.43 Å². The van der Waals surface area contributed by atoms with Gasteiger partial charge in [-0.15, -0.1) is 0 Å². The predicted molar refractivity (Wildman–Crippen MR) is 64.0 cm³/mol.